The average Bonchev–Trinajstić information content (AvgIpc) is 3.08. The van der Waals surface area contributed by atoms with E-state index in [0.717, 1.165) is 11.0 Å². The number of aromatic nitrogens is 2. The normalized spacial score (nSPS) is 15.7. The van der Waals surface area contributed by atoms with Crippen LogP contribution in [-0.4, -0.2) is 45.9 Å². The summed E-state index contributed by atoms with van der Waals surface area (Å²) in [5.74, 6) is -0.497. The molecular formula is C19H21F3N4O3. The summed E-state index contributed by atoms with van der Waals surface area (Å²) in [5, 5.41) is 2.63. The number of halogens is 3. The van der Waals surface area contributed by atoms with E-state index in [1.165, 1.54) is 25.1 Å². The van der Waals surface area contributed by atoms with Crippen molar-refractivity contribution >= 4 is 22.8 Å². The zero-order chi connectivity index (χ0) is 21.2. The quantitative estimate of drug-likeness (QED) is 0.740. The number of amides is 2. The van der Waals surface area contributed by atoms with E-state index in [9.17, 15) is 27.6 Å². The fourth-order valence-electron chi connectivity index (χ4n) is 3.41. The van der Waals surface area contributed by atoms with E-state index in [4.69, 9.17) is 0 Å². The van der Waals surface area contributed by atoms with Gasteiger partial charge in [0, 0.05) is 26.1 Å². The predicted octanol–water partition coefficient (Wildman–Crippen LogP) is 2.10. The molecule has 0 bridgehead atoms. The van der Waals surface area contributed by atoms with Gasteiger partial charge in [-0.1, -0.05) is 12.1 Å². The van der Waals surface area contributed by atoms with Gasteiger partial charge in [0.15, 0.2) is 0 Å². The first kappa shape index (κ1) is 20.8. The SMILES string of the molecule is C[C@@H](C(=O)NCCCN1CCCC1=O)n1c(=O)c(C(F)(F)F)nc2ccccc21. The van der Waals surface area contributed by atoms with Crippen molar-refractivity contribution in [2.75, 3.05) is 19.6 Å². The fourth-order valence-corrected chi connectivity index (χ4v) is 3.41. The molecule has 156 valence electrons. The molecule has 1 aromatic heterocycles. The van der Waals surface area contributed by atoms with Crippen LogP contribution in [0.2, 0.25) is 0 Å². The molecule has 0 aliphatic carbocycles. The van der Waals surface area contributed by atoms with Crippen molar-refractivity contribution in [1.29, 1.82) is 0 Å². The smallest absolute Gasteiger partial charge is 0.354 e. The van der Waals surface area contributed by atoms with Gasteiger partial charge < -0.3 is 10.2 Å². The van der Waals surface area contributed by atoms with E-state index < -0.39 is 29.4 Å². The Hall–Kier alpha value is -2.91. The van der Waals surface area contributed by atoms with Gasteiger partial charge >= 0.3 is 6.18 Å². The number of nitrogens with zero attached hydrogens (tertiary/aromatic N) is 3. The Morgan fingerprint density at radius 2 is 2.00 bits per heavy atom. The molecule has 1 fully saturated rings. The minimum absolute atomic E-state index is 0.0216. The zero-order valence-electron chi connectivity index (χ0n) is 15.8. The Bertz CT molecular complexity index is 987. The number of hydrogen-bond donors (Lipinski definition) is 1. The number of carbonyl (C=O) groups is 2. The topological polar surface area (TPSA) is 84.3 Å². The van der Waals surface area contributed by atoms with E-state index in [0.29, 0.717) is 25.9 Å². The van der Waals surface area contributed by atoms with Crippen molar-refractivity contribution in [1.82, 2.24) is 19.8 Å². The number of alkyl halides is 3. The maximum Gasteiger partial charge on any atom is 0.438 e. The number of hydrogen-bond acceptors (Lipinski definition) is 4. The number of carbonyl (C=O) groups excluding carboxylic acids is 2. The van der Waals surface area contributed by atoms with Gasteiger partial charge in [0.25, 0.3) is 5.56 Å². The highest BCUT2D eigenvalue weighted by Crippen LogP contribution is 2.27. The predicted molar refractivity (Wildman–Crippen MR) is 99.2 cm³/mol. The van der Waals surface area contributed by atoms with Gasteiger partial charge in [0.1, 0.15) is 6.04 Å². The van der Waals surface area contributed by atoms with Crippen LogP contribution < -0.4 is 10.9 Å². The Morgan fingerprint density at radius 1 is 1.28 bits per heavy atom. The number of nitrogens with one attached hydrogen (secondary N) is 1. The van der Waals surface area contributed by atoms with Crippen molar-refractivity contribution in [2.24, 2.45) is 0 Å². The van der Waals surface area contributed by atoms with Crippen molar-refractivity contribution in [2.45, 2.75) is 38.4 Å². The van der Waals surface area contributed by atoms with Gasteiger partial charge in [0.05, 0.1) is 11.0 Å². The molecule has 2 amide bonds. The maximum atomic E-state index is 13.2. The summed E-state index contributed by atoms with van der Waals surface area (Å²) in [6.07, 6.45) is -3.06. The first-order valence-electron chi connectivity index (χ1n) is 9.34. The van der Waals surface area contributed by atoms with Gasteiger partial charge in [-0.05, 0) is 31.9 Å². The Kier molecular flexibility index (Phi) is 5.90. The molecule has 1 aliphatic heterocycles. The Morgan fingerprint density at radius 3 is 2.66 bits per heavy atom. The minimum Gasteiger partial charge on any atom is -0.354 e. The molecular weight excluding hydrogens is 389 g/mol. The van der Waals surface area contributed by atoms with E-state index in [1.54, 1.807) is 11.0 Å². The van der Waals surface area contributed by atoms with Gasteiger partial charge in [-0.3, -0.25) is 19.0 Å². The molecule has 2 heterocycles. The summed E-state index contributed by atoms with van der Waals surface area (Å²) in [4.78, 5) is 41.7. The van der Waals surface area contributed by atoms with Crippen molar-refractivity contribution < 1.29 is 22.8 Å². The molecule has 0 spiro atoms. The molecule has 1 aliphatic rings. The van der Waals surface area contributed by atoms with Crippen LogP contribution in [0.15, 0.2) is 29.1 Å². The van der Waals surface area contributed by atoms with Gasteiger partial charge in [-0.25, -0.2) is 4.98 Å². The first-order valence-corrected chi connectivity index (χ1v) is 9.34. The van der Waals surface area contributed by atoms with Crippen LogP contribution in [0.4, 0.5) is 13.2 Å². The lowest BCUT2D eigenvalue weighted by atomic mass is 10.2. The number of para-hydroxylation sites is 2. The van der Waals surface area contributed by atoms with Crippen LogP contribution >= 0.6 is 0 Å². The zero-order valence-corrected chi connectivity index (χ0v) is 15.8. The second-order valence-electron chi connectivity index (χ2n) is 6.93. The van der Waals surface area contributed by atoms with E-state index in [1.807, 2.05) is 0 Å². The summed E-state index contributed by atoms with van der Waals surface area (Å²) in [6.45, 7) is 2.82. The highest BCUT2D eigenvalue weighted by Gasteiger charge is 2.38. The molecule has 1 aromatic carbocycles. The maximum absolute atomic E-state index is 13.2. The van der Waals surface area contributed by atoms with Gasteiger partial charge in [-0.2, -0.15) is 13.2 Å². The van der Waals surface area contributed by atoms with Crippen LogP contribution in [0.25, 0.3) is 11.0 Å². The van der Waals surface area contributed by atoms with E-state index >= 15 is 0 Å². The molecule has 10 heteroatoms. The second kappa shape index (κ2) is 8.22. The monoisotopic (exact) mass is 410 g/mol. The first-order chi connectivity index (χ1) is 13.7. The van der Waals surface area contributed by atoms with Crippen LogP contribution in [0, 0.1) is 0 Å². The molecule has 0 saturated carbocycles. The molecule has 29 heavy (non-hydrogen) atoms. The number of rotatable bonds is 6. The van der Waals surface area contributed by atoms with Crippen molar-refractivity contribution in [3.8, 4) is 0 Å². The molecule has 7 nitrogen and oxygen atoms in total. The summed E-state index contributed by atoms with van der Waals surface area (Å²) >= 11 is 0. The fraction of sp³-hybridized carbons (Fsp3) is 0.474. The summed E-state index contributed by atoms with van der Waals surface area (Å²) in [6, 6.07) is 4.72. The lowest BCUT2D eigenvalue weighted by Crippen LogP contribution is -2.39. The molecule has 0 unspecified atom stereocenters. The summed E-state index contributed by atoms with van der Waals surface area (Å²) in [7, 11) is 0. The molecule has 1 N–H and O–H groups in total. The average molecular weight is 410 g/mol. The molecule has 1 atom stereocenters. The van der Waals surface area contributed by atoms with Crippen LogP contribution in [0.5, 0.6) is 0 Å². The summed E-state index contributed by atoms with van der Waals surface area (Å²) in [5.41, 5.74) is -2.78. The highest BCUT2D eigenvalue weighted by molar-refractivity contribution is 5.83. The highest BCUT2D eigenvalue weighted by atomic mass is 19.4. The largest absolute Gasteiger partial charge is 0.438 e. The van der Waals surface area contributed by atoms with Crippen molar-refractivity contribution in [3.05, 3.63) is 40.3 Å². The van der Waals surface area contributed by atoms with Crippen LogP contribution in [0.1, 0.15) is 37.9 Å². The molecule has 1 saturated heterocycles. The Labute approximate surface area is 164 Å². The van der Waals surface area contributed by atoms with Gasteiger partial charge in [-0.15, -0.1) is 0 Å². The van der Waals surface area contributed by atoms with Crippen LogP contribution in [-0.2, 0) is 15.8 Å². The third-order valence-electron chi connectivity index (χ3n) is 4.91. The van der Waals surface area contributed by atoms with E-state index in [2.05, 4.69) is 10.3 Å². The van der Waals surface area contributed by atoms with Crippen molar-refractivity contribution in [3.63, 3.8) is 0 Å². The summed E-state index contributed by atoms with van der Waals surface area (Å²) < 4.78 is 40.5. The number of fused-ring (bicyclic) bond motifs is 1. The lowest BCUT2D eigenvalue weighted by molar-refractivity contribution is -0.142. The number of benzene rings is 1. The Balaban J connectivity index is 1.78. The second-order valence-corrected chi connectivity index (χ2v) is 6.93. The molecule has 0 radical (unpaired) electrons. The van der Waals surface area contributed by atoms with E-state index in [-0.39, 0.29) is 23.5 Å². The minimum atomic E-state index is -4.93. The third-order valence-corrected chi connectivity index (χ3v) is 4.91. The lowest BCUT2D eigenvalue weighted by Gasteiger charge is -2.20. The van der Waals surface area contributed by atoms with Gasteiger partial charge in [0.2, 0.25) is 17.5 Å². The third kappa shape index (κ3) is 4.41. The standard InChI is InChI=1S/C19H21F3N4O3/c1-12(17(28)23-9-5-11-25-10-4-8-15(25)27)26-14-7-3-2-6-13(14)24-16(18(26)29)19(20,21)22/h2-3,6-7,12H,4-5,8-11H2,1H3,(H,23,28)/t12-/m0/s1. The van der Waals surface area contributed by atoms with Crippen LogP contribution in [0.3, 0.4) is 0 Å². The molecule has 3 rings (SSSR count). The number of likely N-dealkylation sites (tertiary alicyclic amines) is 1. The molecule has 2 aromatic rings.